The SMILES string of the molecule is COc1cc(Br)cc(C(C)(C)CO)c1OC1CN(C)C1. The summed E-state index contributed by atoms with van der Waals surface area (Å²) in [5.74, 6) is 1.44. The van der Waals surface area contributed by atoms with Gasteiger partial charge < -0.3 is 14.6 Å². The molecule has 2 rings (SSSR count). The minimum absolute atomic E-state index is 0.0491. The number of aliphatic hydroxyl groups excluding tert-OH is 1. The summed E-state index contributed by atoms with van der Waals surface area (Å²) in [5, 5.41) is 9.65. The van der Waals surface area contributed by atoms with Crippen LogP contribution >= 0.6 is 15.9 Å². The van der Waals surface area contributed by atoms with Crippen molar-refractivity contribution in [3.63, 3.8) is 0 Å². The van der Waals surface area contributed by atoms with Crippen LogP contribution in [0.5, 0.6) is 11.5 Å². The molecule has 5 heteroatoms. The molecule has 1 aliphatic rings. The molecule has 0 bridgehead atoms. The molecular formula is C15H22BrNO3. The fourth-order valence-corrected chi connectivity index (χ4v) is 2.75. The second-order valence-corrected chi connectivity index (χ2v) is 6.90. The number of rotatable bonds is 5. The third-order valence-electron chi connectivity index (χ3n) is 3.68. The first-order valence-electron chi connectivity index (χ1n) is 6.71. The zero-order chi connectivity index (χ0) is 14.9. The fraction of sp³-hybridized carbons (Fsp3) is 0.600. The van der Waals surface area contributed by atoms with Gasteiger partial charge in [-0.2, -0.15) is 0 Å². The Labute approximate surface area is 128 Å². The average molecular weight is 344 g/mol. The first kappa shape index (κ1) is 15.6. The monoisotopic (exact) mass is 343 g/mol. The third-order valence-corrected chi connectivity index (χ3v) is 4.14. The number of likely N-dealkylation sites (tertiary alicyclic amines) is 1. The van der Waals surface area contributed by atoms with Crippen molar-refractivity contribution in [3.8, 4) is 11.5 Å². The first-order chi connectivity index (χ1) is 9.37. The van der Waals surface area contributed by atoms with Crippen LogP contribution in [-0.4, -0.2) is 50.0 Å². The van der Waals surface area contributed by atoms with E-state index in [4.69, 9.17) is 9.47 Å². The molecule has 0 unspecified atom stereocenters. The molecule has 4 nitrogen and oxygen atoms in total. The van der Waals surface area contributed by atoms with Gasteiger partial charge in [0.25, 0.3) is 0 Å². The van der Waals surface area contributed by atoms with Crippen molar-refractivity contribution >= 4 is 15.9 Å². The van der Waals surface area contributed by atoms with E-state index in [1.807, 2.05) is 26.0 Å². The number of benzene rings is 1. The summed E-state index contributed by atoms with van der Waals surface area (Å²) >= 11 is 3.49. The highest BCUT2D eigenvalue weighted by atomic mass is 79.9. The summed E-state index contributed by atoms with van der Waals surface area (Å²) < 4.78 is 12.5. The van der Waals surface area contributed by atoms with Crippen molar-refractivity contribution in [2.24, 2.45) is 0 Å². The quantitative estimate of drug-likeness (QED) is 0.891. The molecule has 0 aromatic heterocycles. The van der Waals surface area contributed by atoms with Crippen LogP contribution in [0, 0.1) is 0 Å². The molecule has 1 fully saturated rings. The van der Waals surface area contributed by atoms with E-state index in [9.17, 15) is 5.11 Å². The number of methoxy groups -OCH3 is 1. The highest BCUT2D eigenvalue weighted by Crippen LogP contribution is 2.42. The maximum absolute atomic E-state index is 9.65. The van der Waals surface area contributed by atoms with Gasteiger partial charge in [-0.3, -0.25) is 4.90 Å². The van der Waals surface area contributed by atoms with E-state index in [2.05, 4.69) is 27.9 Å². The Hall–Kier alpha value is -0.780. The Morgan fingerprint density at radius 2 is 2.05 bits per heavy atom. The number of halogens is 1. The van der Waals surface area contributed by atoms with E-state index in [0.29, 0.717) is 5.75 Å². The Balaban J connectivity index is 2.39. The lowest BCUT2D eigenvalue weighted by Crippen LogP contribution is -2.51. The smallest absolute Gasteiger partial charge is 0.165 e. The molecule has 1 saturated heterocycles. The van der Waals surface area contributed by atoms with Crippen LogP contribution in [0.15, 0.2) is 16.6 Å². The highest BCUT2D eigenvalue weighted by Gasteiger charge is 2.31. The first-order valence-corrected chi connectivity index (χ1v) is 7.50. The lowest BCUT2D eigenvalue weighted by Gasteiger charge is -2.38. The summed E-state index contributed by atoms with van der Waals surface area (Å²) in [5.41, 5.74) is 0.572. The molecule has 0 atom stereocenters. The maximum atomic E-state index is 9.65. The maximum Gasteiger partial charge on any atom is 0.165 e. The normalized spacial score (nSPS) is 16.9. The van der Waals surface area contributed by atoms with E-state index in [1.165, 1.54) is 0 Å². The number of likely N-dealkylation sites (N-methyl/N-ethyl adjacent to an activating group) is 1. The Bertz CT molecular complexity index is 484. The standard InChI is InChI=1S/C15H22BrNO3/c1-15(2,9-18)12-5-10(16)6-13(19-4)14(12)20-11-7-17(3)8-11/h5-6,11,18H,7-9H2,1-4H3. The highest BCUT2D eigenvalue weighted by molar-refractivity contribution is 9.10. The van der Waals surface area contributed by atoms with Crippen molar-refractivity contribution in [2.45, 2.75) is 25.4 Å². The van der Waals surface area contributed by atoms with Crippen molar-refractivity contribution in [2.75, 3.05) is 33.9 Å². The predicted octanol–water partition coefficient (Wildman–Crippen LogP) is 2.42. The number of nitrogens with zero attached hydrogens (tertiary/aromatic N) is 1. The predicted molar refractivity (Wildman–Crippen MR) is 82.7 cm³/mol. The summed E-state index contributed by atoms with van der Waals surface area (Å²) in [6, 6.07) is 3.89. The van der Waals surface area contributed by atoms with Gasteiger partial charge in [-0.25, -0.2) is 0 Å². The van der Waals surface area contributed by atoms with Crippen molar-refractivity contribution in [1.29, 1.82) is 0 Å². The summed E-state index contributed by atoms with van der Waals surface area (Å²) in [6.45, 7) is 5.87. The molecular weight excluding hydrogens is 322 g/mol. The van der Waals surface area contributed by atoms with Gasteiger partial charge in [-0.05, 0) is 19.2 Å². The number of aliphatic hydroxyl groups is 1. The second-order valence-electron chi connectivity index (χ2n) is 5.99. The minimum atomic E-state index is -0.387. The lowest BCUT2D eigenvalue weighted by atomic mass is 9.84. The molecule has 0 aliphatic carbocycles. The Morgan fingerprint density at radius 1 is 1.40 bits per heavy atom. The largest absolute Gasteiger partial charge is 0.493 e. The molecule has 0 saturated carbocycles. The van der Waals surface area contributed by atoms with Crippen LogP contribution < -0.4 is 9.47 Å². The van der Waals surface area contributed by atoms with Gasteiger partial charge in [0.05, 0.1) is 13.7 Å². The van der Waals surface area contributed by atoms with E-state index in [-0.39, 0.29) is 18.1 Å². The average Bonchev–Trinajstić information content (AvgIpc) is 2.37. The van der Waals surface area contributed by atoms with Crippen LogP contribution in [0.3, 0.4) is 0 Å². The van der Waals surface area contributed by atoms with Crippen LogP contribution in [0.1, 0.15) is 19.4 Å². The molecule has 1 N–H and O–H groups in total. The minimum Gasteiger partial charge on any atom is -0.493 e. The van der Waals surface area contributed by atoms with Gasteiger partial charge in [0, 0.05) is 28.5 Å². The van der Waals surface area contributed by atoms with Gasteiger partial charge in [-0.15, -0.1) is 0 Å². The molecule has 1 aromatic carbocycles. The van der Waals surface area contributed by atoms with Gasteiger partial charge in [-0.1, -0.05) is 29.8 Å². The van der Waals surface area contributed by atoms with E-state index in [0.717, 1.165) is 28.9 Å². The van der Waals surface area contributed by atoms with Crippen molar-refractivity contribution in [3.05, 3.63) is 22.2 Å². The van der Waals surface area contributed by atoms with Crippen LogP contribution in [0.25, 0.3) is 0 Å². The van der Waals surface area contributed by atoms with Gasteiger partial charge >= 0.3 is 0 Å². The summed E-state index contributed by atoms with van der Waals surface area (Å²) in [6.07, 6.45) is 0.184. The van der Waals surface area contributed by atoms with E-state index < -0.39 is 0 Å². The topological polar surface area (TPSA) is 41.9 Å². The lowest BCUT2D eigenvalue weighted by molar-refractivity contribution is 0.0349. The molecule has 112 valence electrons. The Morgan fingerprint density at radius 3 is 2.55 bits per heavy atom. The Kier molecular flexibility index (Phi) is 4.62. The number of hydrogen-bond acceptors (Lipinski definition) is 4. The molecule has 1 heterocycles. The third kappa shape index (κ3) is 3.10. The van der Waals surface area contributed by atoms with Crippen LogP contribution in [-0.2, 0) is 5.41 Å². The van der Waals surface area contributed by atoms with Gasteiger partial charge in [0.15, 0.2) is 11.5 Å². The van der Waals surface area contributed by atoms with E-state index >= 15 is 0 Å². The molecule has 0 radical (unpaired) electrons. The zero-order valence-corrected chi connectivity index (χ0v) is 14.0. The fourth-order valence-electron chi connectivity index (χ4n) is 2.31. The molecule has 1 aromatic rings. The number of hydrogen-bond donors (Lipinski definition) is 1. The second kappa shape index (κ2) is 5.92. The molecule has 20 heavy (non-hydrogen) atoms. The van der Waals surface area contributed by atoms with Crippen molar-refractivity contribution in [1.82, 2.24) is 4.90 Å². The van der Waals surface area contributed by atoms with Gasteiger partial charge in [0.1, 0.15) is 6.10 Å². The number of ether oxygens (including phenoxy) is 2. The van der Waals surface area contributed by atoms with E-state index in [1.54, 1.807) is 7.11 Å². The summed E-state index contributed by atoms with van der Waals surface area (Å²) in [7, 11) is 3.70. The zero-order valence-electron chi connectivity index (χ0n) is 12.4. The van der Waals surface area contributed by atoms with Gasteiger partial charge in [0.2, 0.25) is 0 Å². The summed E-state index contributed by atoms with van der Waals surface area (Å²) in [4.78, 5) is 2.20. The van der Waals surface area contributed by atoms with Crippen LogP contribution in [0.4, 0.5) is 0 Å². The van der Waals surface area contributed by atoms with Crippen molar-refractivity contribution < 1.29 is 14.6 Å². The van der Waals surface area contributed by atoms with Crippen LogP contribution in [0.2, 0.25) is 0 Å². The molecule has 0 amide bonds. The molecule has 1 aliphatic heterocycles. The molecule has 0 spiro atoms.